The molecule has 0 saturated carbocycles. The predicted molar refractivity (Wildman–Crippen MR) is 63.0 cm³/mol. The van der Waals surface area contributed by atoms with Crippen LogP contribution in [-0.4, -0.2) is 15.6 Å². The molecule has 16 heavy (non-hydrogen) atoms. The van der Waals surface area contributed by atoms with E-state index in [1.807, 2.05) is 26.8 Å². The Bertz CT molecular complexity index is 452. The van der Waals surface area contributed by atoms with Gasteiger partial charge in [-0.2, -0.15) is 5.26 Å². The van der Waals surface area contributed by atoms with Gasteiger partial charge in [0.1, 0.15) is 17.8 Å². The molecule has 1 atom stereocenters. The molecular formula is C11H13BrN2O2. The SMILES string of the molecule is CC(C)(C)C(C(=O)O)n1cc(Br)cc1C#N. The smallest absolute Gasteiger partial charge is 0.327 e. The molecule has 0 aromatic carbocycles. The highest BCUT2D eigenvalue weighted by molar-refractivity contribution is 9.10. The Kier molecular flexibility index (Phi) is 3.44. The summed E-state index contributed by atoms with van der Waals surface area (Å²) in [4.78, 5) is 11.3. The molecule has 1 aromatic rings. The van der Waals surface area contributed by atoms with E-state index in [-0.39, 0.29) is 0 Å². The van der Waals surface area contributed by atoms with Crippen molar-refractivity contribution in [3.05, 3.63) is 22.4 Å². The first-order valence-electron chi connectivity index (χ1n) is 4.77. The molecule has 0 bridgehead atoms. The average Bonchev–Trinajstić information content (AvgIpc) is 2.43. The second kappa shape index (κ2) is 4.30. The maximum Gasteiger partial charge on any atom is 0.327 e. The van der Waals surface area contributed by atoms with Crippen molar-refractivity contribution >= 4 is 21.9 Å². The van der Waals surface area contributed by atoms with E-state index in [9.17, 15) is 9.90 Å². The Hall–Kier alpha value is -1.28. The van der Waals surface area contributed by atoms with Crippen molar-refractivity contribution < 1.29 is 9.90 Å². The lowest BCUT2D eigenvalue weighted by molar-refractivity contribution is -0.144. The molecule has 0 amide bonds. The summed E-state index contributed by atoms with van der Waals surface area (Å²) < 4.78 is 2.20. The van der Waals surface area contributed by atoms with Crippen LogP contribution in [0, 0.1) is 16.7 Å². The van der Waals surface area contributed by atoms with Crippen LogP contribution in [0.5, 0.6) is 0 Å². The largest absolute Gasteiger partial charge is 0.480 e. The third kappa shape index (κ3) is 2.45. The van der Waals surface area contributed by atoms with Gasteiger partial charge in [0.15, 0.2) is 0 Å². The molecule has 1 unspecified atom stereocenters. The van der Waals surface area contributed by atoms with E-state index in [2.05, 4.69) is 15.9 Å². The monoisotopic (exact) mass is 284 g/mol. The van der Waals surface area contributed by atoms with E-state index in [0.29, 0.717) is 10.2 Å². The lowest BCUT2D eigenvalue weighted by Gasteiger charge is -2.28. The van der Waals surface area contributed by atoms with Crippen molar-refractivity contribution in [3.63, 3.8) is 0 Å². The minimum absolute atomic E-state index is 0.342. The number of nitrogens with zero attached hydrogens (tertiary/aromatic N) is 2. The number of hydrogen-bond acceptors (Lipinski definition) is 2. The van der Waals surface area contributed by atoms with Gasteiger partial charge in [-0.3, -0.25) is 0 Å². The van der Waals surface area contributed by atoms with Crippen molar-refractivity contribution in [2.75, 3.05) is 0 Å². The highest BCUT2D eigenvalue weighted by Gasteiger charge is 2.34. The summed E-state index contributed by atoms with van der Waals surface area (Å²) in [6.45, 7) is 5.50. The van der Waals surface area contributed by atoms with Crippen LogP contribution in [0.2, 0.25) is 0 Å². The quantitative estimate of drug-likeness (QED) is 0.908. The second-order valence-electron chi connectivity index (χ2n) is 4.67. The van der Waals surface area contributed by atoms with Gasteiger partial charge in [-0.1, -0.05) is 20.8 Å². The van der Waals surface area contributed by atoms with Gasteiger partial charge in [-0.15, -0.1) is 0 Å². The van der Waals surface area contributed by atoms with E-state index in [0.717, 1.165) is 0 Å². The van der Waals surface area contributed by atoms with Gasteiger partial charge in [-0.25, -0.2) is 4.79 Å². The molecule has 5 heteroatoms. The fraction of sp³-hybridized carbons (Fsp3) is 0.455. The van der Waals surface area contributed by atoms with Crippen LogP contribution in [0.1, 0.15) is 32.5 Å². The lowest BCUT2D eigenvalue weighted by Crippen LogP contribution is -2.31. The Morgan fingerprint density at radius 2 is 2.19 bits per heavy atom. The molecule has 1 heterocycles. The zero-order valence-electron chi connectivity index (χ0n) is 9.36. The molecule has 1 N–H and O–H groups in total. The summed E-state index contributed by atoms with van der Waals surface area (Å²) in [5.41, 5.74) is -0.121. The number of carboxylic acids is 1. The first-order valence-corrected chi connectivity index (χ1v) is 5.57. The highest BCUT2D eigenvalue weighted by Crippen LogP contribution is 2.33. The van der Waals surface area contributed by atoms with Gasteiger partial charge in [0.05, 0.1) is 0 Å². The van der Waals surface area contributed by atoms with Crippen LogP contribution in [0.15, 0.2) is 16.7 Å². The molecule has 0 aliphatic heterocycles. The van der Waals surface area contributed by atoms with Crippen LogP contribution in [-0.2, 0) is 4.79 Å². The molecule has 0 radical (unpaired) electrons. The van der Waals surface area contributed by atoms with Gasteiger partial charge >= 0.3 is 5.97 Å². The molecule has 0 fully saturated rings. The Morgan fingerprint density at radius 1 is 1.62 bits per heavy atom. The van der Waals surface area contributed by atoms with E-state index in [1.165, 1.54) is 4.57 Å². The zero-order valence-corrected chi connectivity index (χ0v) is 10.9. The van der Waals surface area contributed by atoms with Gasteiger partial charge in [0.25, 0.3) is 0 Å². The number of nitriles is 1. The van der Waals surface area contributed by atoms with Crippen LogP contribution < -0.4 is 0 Å². The minimum Gasteiger partial charge on any atom is -0.480 e. The molecular weight excluding hydrogens is 272 g/mol. The molecule has 1 rings (SSSR count). The van der Waals surface area contributed by atoms with E-state index in [4.69, 9.17) is 5.26 Å². The number of aromatic nitrogens is 1. The normalized spacial score (nSPS) is 13.2. The fourth-order valence-electron chi connectivity index (χ4n) is 1.66. The maximum absolute atomic E-state index is 11.3. The van der Waals surface area contributed by atoms with Crippen molar-refractivity contribution in [2.45, 2.75) is 26.8 Å². The van der Waals surface area contributed by atoms with Gasteiger partial charge < -0.3 is 9.67 Å². The summed E-state index contributed by atoms with van der Waals surface area (Å²) in [6, 6.07) is 2.85. The van der Waals surface area contributed by atoms with E-state index >= 15 is 0 Å². The number of hydrogen-bond donors (Lipinski definition) is 1. The molecule has 1 aromatic heterocycles. The van der Waals surface area contributed by atoms with Crippen LogP contribution in [0.3, 0.4) is 0 Å². The number of carboxylic acid groups (broad SMARTS) is 1. The zero-order chi connectivity index (χ0) is 12.5. The topological polar surface area (TPSA) is 66.0 Å². The Balaban J connectivity index is 3.33. The molecule has 86 valence electrons. The van der Waals surface area contributed by atoms with Crippen LogP contribution in [0.25, 0.3) is 0 Å². The first-order chi connectivity index (χ1) is 7.27. The lowest BCUT2D eigenvalue weighted by atomic mass is 9.86. The van der Waals surface area contributed by atoms with Gasteiger partial charge in [0, 0.05) is 10.7 Å². The predicted octanol–water partition coefficient (Wildman–Crippen LogP) is 2.79. The second-order valence-corrected chi connectivity index (χ2v) is 5.59. The molecule has 4 nitrogen and oxygen atoms in total. The number of carbonyl (C=O) groups is 1. The first kappa shape index (κ1) is 12.8. The molecule has 0 aliphatic rings. The average molecular weight is 285 g/mol. The van der Waals surface area contributed by atoms with Crippen LogP contribution >= 0.6 is 15.9 Å². The highest BCUT2D eigenvalue weighted by atomic mass is 79.9. The van der Waals surface area contributed by atoms with Gasteiger partial charge in [-0.05, 0) is 27.4 Å². The summed E-state index contributed by atoms with van der Waals surface area (Å²) in [5, 5.41) is 18.2. The number of aliphatic carboxylic acids is 1. The standard InChI is InChI=1S/C11H13BrN2O2/c1-11(2,3)9(10(15)16)14-6-7(12)4-8(14)5-13/h4,6,9H,1-3H3,(H,15,16). The third-order valence-corrected chi connectivity index (χ3v) is 2.70. The number of halogens is 1. The fourth-order valence-corrected chi connectivity index (χ4v) is 2.09. The minimum atomic E-state index is -0.938. The Morgan fingerprint density at radius 3 is 2.56 bits per heavy atom. The van der Waals surface area contributed by atoms with Crippen molar-refractivity contribution in [1.82, 2.24) is 4.57 Å². The molecule has 0 saturated heterocycles. The summed E-state index contributed by atoms with van der Waals surface area (Å²) in [5.74, 6) is -0.938. The van der Waals surface area contributed by atoms with Crippen molar-refractivity contribution in [1.29, 1.82) is 5.26 Å². The molecule has 0 spiro atoms. The van der Waals surface area contributed by atoms with E-state index in [1.54, 1.807) is 12.3 Å². The van der Waals surface area contributed by atoms with Crippen molar-refractivity contribution in [2.24, 2.45) is 5.41 Å². The molecule has 0 aliphatic carbocycles. The van der Waals surface area contributed by atoms with Crippen LogP contribution in [0.4, 0.5) is 0 Å². The van der Waals surface area contributed by atoms with Gasteiger partial charge in [0.2, 0.25) is 0 Å². The van der Waals surface area contributed by atoms with E-state index < -0.39 is 17.4 Å². The third-order valence-electron chi connectivity index (χ3n) is 2.26. The number of rotatable bonds is 2. The van der Waals surface area contributed by atoms with Crippen molar-refractivity contribution in [3.8, 4) is 6.07 Å². The maximum atomic E-state index is 11.3. The Labute approximate surface area is 103 Å². The summed E-state index contributed by atoms with van der Waals surface area (Å²) in [7, 11) is 0. The summed E-state index contributed by atoms with van der Waals surface area (Å²) >= 11 is 3.24. The summed E-state index contributed by atoms with van der Waals surface area (Å²) in [6.07, 6.45) is 1.63.